The van der Waals surface area contributed by atoms with Crippen molar-refractivity contribution >= 4 is 29.9 Å². The molecule has 0 radical (unpaired) electrons. The molecule has 7 heteroatoms. The summed E-state index contributed by atoms with van der Waals surface area (Å²) in [5.74, 6) is 2.41. The van der Waals surface area contributed by atoms with Crippen molar-refractivity contribution in [2.45, 2.75) is 18.9 Å². The molecule has 2 aromatic rings. The highest BCUT2D eigenvalue weighted by molar-refractivity contribution is 14.0. The second-order valence-electron chi connectivity index (χ2n) is 5.60. The van der Waals surface area contributed by atoms with E-state index in [1.807, 2.05) is 18.7 Å². The van der Waals surface area contributed by atoms with Crippen molar-refractivity contribution in [3.05, 3.63) is 48.0 Å². The minimum absolute atomic E-state index is 0. The van der Waals surface area contributed by atoms with Crippen LogP contribution in [0.4, 0.5) is 0 Å². The van der Waals surface area contributed by atoms with Gasteiger partial charge in [-0.2, -0.15) is 0 Å². The van der Waals surface area contributed by atoms with Gasteiger partial charge in [-0.3, -0.25) is 4.99 Å². The Balaban J connectivity index is 0.00000192. The number of aromatic nitrogens is 3. The number of rotatable bonds is 3. The summed E-state index contributed by atoms with van der Waals surface area (Å²) < 4.78 is 1.91. The number of halogens is 1. The minimum atomic E-state index is 0. The van der Waals surface area contributed by atoms with Gasteiger partial charge in [0.05, 0.1) is 6.54 Å². The first kappa shape index (κ1) is 17.7. The Morgan fingerprint density at radius 2 is 2.13 bits per heavy atom. The average Bonchev–Trinajstić information content (AvgIpc) is 3.19. The van der Waals surface area contributed by atoms with Gasteiger partial charge < -0.3 is 14.8 Å². The summed E-state index contributed by atoms with van der Waals surface area (Å²) in [6.45, 7) is 2.66. The van der Waals surface area contributed by atoms with Gasteiger partial charge in [-0.15, -0.1) is 34.2 Å². The molecule has 1 saturated heterocycles. The number of likely N-dealkylation sites (tertiary alicyclic amines) is 1. The third kappa shape index (κ3) is 4.21. The fourth-order valence-electron chi connectivity index (χ4n) is 2.91. The van der Waals surface area contributed by atoms with E-state index in [2.05, 4.69) is 55.7 Å². The molecule has 124 valence electrons. The lowest BCUT2D eigenvalue weighted by molar-refractivity contribution is 0.483. The molecule has 2 heterocycles. The summed E-state index contributed by atoms with van der Waals surface area (Å²) in [4.78, 5) is 6.71. The van der Waals surface area contributed by atoms with Gasteiger partial charge in [-0.1, -0.05) is 30.3 Å². The molecule has 0 bridgehead atoms. The highest BCUT2D eigenvalue weighted by Gasteiger charge is 2.25. The third-order valence-corrected chi connectivity index (χ3v) is 4.18. The van der Waals surface area contributed by atoms with Crippen LogP contribution < -0.4 is 5.32 Å². The second kappa shape index (κ2) is 8.28. The zero-order valence-electron chi connectivity index (χ0n) is 13.5. The number of aryl methyl sites for hydroxylation is 1. The summed E-state index contributed by atoms with van der Waals surface area (Å²) in [7, 11) is 3.77. The molecular weight excluding hydrogens is 403 g/mol. The van der Waals surface area contributed by atoms with Gasteiger partial charge in [-0.25, -0.2) is 0 Å². The molecule has 0 saturated carbocycles. The average molecular weight is 426 g/mol. The van der Waals surface area contributed by atoms with Gasteiger partial charge in [0.1, 0.15) is 6.33 Å². The maximum Gasteiger partial charge on any atom is 0.194 e. The quantitative estimate of drug-likeness (QED) is 0.464. The van der Waals surface area contributed by atoms with Gasteiger partial charge in [0.25, 0.3) is 0 Å². The van der Waals surface area contributed by atoms with Crippen LogP contribution in [-0.4, -0.2) is 45.8 Å². The van der Waals surface area contributed by atoms with Crippen LogP contribution in [-0.2, 0) is 13.6 Å². The summed E-state index contributed by atoms with van der Waals surface area (Å²) >= 11 is 0. The van der Waals surface area contributed by atoms with Crippen molar-refractivity contribution in [1.82, 2.24) is 25.0 Å². The first-order valence-electron chi connectivity index (χ1n) is 7.61. The fraction of sp³-hybridized carbons (Fsp3) is 0.438. The zero-order chi connectivity index (χ0) is 15.4. The van der Waals surface area contributed by atoms with Crippen molar-refractivity contribution in [2.24, 2.45) is 12.0 Å². The highest BCUT2D eigenvalue weighted by atomic mass is 127. The maximum absolute atomic E-state index is 4.40. The Kier molecular flexibility index (Phi) is 6.37. The van der Waals surface area contributed by atoms with E-state index < -0.39 is 0 Å². The largest absolute Gasteiger partial charge is 0.349 e. The molecule has 1 fully saturated rings. The van der Waals surface area contributed by atoms with Crippen LogP contribution in [0.25, 0.3) is 0 Å². The Labute approximate surface area is 154 Å². The van der Waals surface area contributed by atoms with E-state index >= 15 is 0 Å². The molecule has 0 aliphatic carbocycles. The van der Waals surface area contributed by atoms with Crippen molar-refractivity contribution in [1.29, 1.82) is 0 Å². The van der Waals surface area contributed by atoms with E-state index in [1.165, 1.54) is 5.56 Å². The lowest BCUT2D eigenvalue weighted by Crippen LogP contribution is -2.40. The predicted octanol–water partition coefficient (Wildman–Crippen LogP) is 2.00. The zero-order valence-corrected chi connectivity index (χ0v) is 15.8. The number of nitrogens with one attached hydrogen (secondary N) is 1. The van der Waals surface area contributed by atoms with Crippen molar-refractivity contribution in [3.63, 3.8) is 0 Å². The first-order valence-corrected chi connectivity index (χ1v) is 7.61. The van der Waals surface area contributed by atoms with E-state index in [4.69, 9.17) is 0 Å². The Morgan fingerprint density at radius 1 is 1.35 bits per heavy atom. The Bertz CT molecular complexity index is 639. The van der Waals surface area contributed by atoms with E-state index in [0.29, 0.717) is 12.5 Å². The number of guanidine groups is 1. The van der Waals surface area contributed by atoms with E-state index in [0.717, 1.165) is 31.3 Å². The standard InChI is InChI=1S/C16H22N6.HI/c1-17-16(18-10-15-20-19-12-21(15)2)22-9-8-14(11-22)13-6-4-3-5-7-13;/h3-7,12,14H,8-11H2,1-2H3,(H,17,18);1H. The van der Waals surface area contributed by atoms with Crippen LogP contribution in [0.5, 0.6) is 0 Å². The molecule has 1 N–H and O–H groups in total. The normalized spacial score (nSPS) is 17.9. The molecule has 1 atom stereocenters. The molecule has 1 aliphatic heterocycles. The number of hydrogen-bond acceptors (Lipinski definition) is 3. The number of hydrogen-bond donors (Lipinski definition) is 1. The maximum atomic E-state index is 4.40. The fourth-order valence-corrected chi connectivity index (χ4v) is 2.91. The van der Waals surface area contributed by atoms with Crippen LogP contribution in [0.2, 0.25) is 0 Å². The molecule has 1 aliphatic rings. The molecule has 3 rings (SSSR count). The predicted molar refractivity (Wildman–Crippen MR) is 102 cm³/mol. The van der Waals surface area contributed by atoms with Crippen LogP contribution in [0.3, 0.4) is 0 Å². The SMILES string of the molecule is CN=C(NCc1nncn1C)N1CCC(c2ccccc2)C1.I. The van der Waals surface area contributed by atoms with Gasteiger partial charge in [-0.05, 0) is 12.0 Å². The van der Waals surface area contributed by atoms with Gasteiger partial charge in [0, 0.05) is 33.1 Å². The molecular formula is C16H23IN6. The van der Waals surface area contributed by atoms with E-state index in [1.54, 1.807) is 6.33 Å². The number of nitrogens with zero attached hydrogens (tertiary/aromatic N) is 5. The van der Waals surface area contributed by atoms with Crippen LogP contribution in [0.1, 0.15) is 23.7 Å². The lowest BCUT2D eigenvalue weighted by atomic mass is 9.99. The van der Waals surface area contributed by atoms with E-state index in [9.17, 15) is 0 Å². The first-order chi connectivity index (χ1) is 10.8. The van der Waals surface area contributed by atoms with Crippen molar-refractivity contribution in [2.75, 3.05) is 20.1 Å². The summed E-state index contributed by atoms with van der Waals surface area (Å²) in [5.41, 5.74) is 1.41. The Hall–Kier alpha value is -1.64. The van der Waals surface area contributed by atoms with E-state index in [-0.39, 0.29) is 24.0 Å². The van der Waals surface area contributed by atoms with Gasteiger partial charge in [0.15, 0.2) is 11.8 Å². The van der Waals surface area contributed by atoms with Crippen LogP contribution in [0, 0.1) is 0 Å². The van der Waals surface area contributed by atoms with Crippen LogP contribution >= 0.6 is 24.0 Å². The summed E-state index contributed by atoms with van der Waals surface area (Å²) in [6, 6.07) is 10.7. The van der Waals surface area contributed by atoms with Crippen molar-refractivity contribution < 1.29 is 0 Å². The summed E-state index contributed by atoms with van der Waals surface area (Å²) in [5, 5.41) is 11.4. The third-order valence-electron chi connectivity index (χ3n) is 4.18. The summed E-state index contributed by atoms with van der Waals surface area (Å²) in [6.07, 6.45) is 2.87. The minimum Gasteiger partial charge on any atom is -0.349 e. The molecule has 23 heavy (non-hydrogen) atoms. The topological polar surface area (TPSA) is 58.3 Å². The lowest BCUT2D eigenvalue weighted by Gasteiger charge is -2.21. The molecule has 1 aromatic carbocycles. The molecule has 1 aromatic heterocycles. The highest BCUT2D eigenvalue weighted by Crippen LogP contribution is 2.26. The van der Waals surface area contributed by atoms with Gasteiger partial charge in [0.2, 0.25) is 0 Å². The smallest absolute Gasteiger partial charge is 0.194 e. The number of aliphatic imine (C=N–C) groups is 1. The molecule has 0 spiro atoms. The molecule has 6 nitrogen and oxygen atoms in total. The monoisotopic (exact) mass is 426 g/mol. The molecule has 1 unspecified atom stereocenters. The Morgan fingerprint density at radius 3 is 2.78 bits per heavy atom. The number of benzene rings is 1. The van der Waals surface area contributed by atoms with Gasteiger partial charge >= 0.3 is 0 Å². The van der Waals surface area contributed by atoms with Crippen molar-refractivity contribution in [3.8, 4) is 0 Å². The second-order valence-corrected chi connectivity index (χ2v) is 5.60. The van der Waals surface area contributed by atoms with Crippen LogP contribution in [0.15, 0.2) is 41.7 Å². The molecule has 0 amide bonds.